The topological polar surface area (TPSA) is 72.9 Å². The molecule has 2 heterocycles. The van der Waals surface area contributed by atoms with Gasteiger partial charge in [-0.3, -0.25) is 9.36 Å². The number of carboxylic acid groups (broad SMARTS) is 1. The van der Waals surface area contributed by atoms with Crippen molar-refractivity contribution >= 4 is 5.97 Å². The summed E-state index contributed by atoms with van der Waals surface area (Å²) in [6.45, 7) is 3.31. The molecular weight excluding hydrogens is 208 g/mol. The van der Waals surface area contributed by atoms with E-state index < -0.39 is 5.97 Å². The highest BCUT2D eigenvalue weighted by molar-refractivity contribution is 5.86. The third-order valence-corrected chi connectivity index (χ3v) is 2.22. The highest BCUT2D eigenvalue weighted by atomic mass is 16.4. The minimum absolute atomic E-state index is 0.190. The molecule has 6 heteroatoms. The van der Waals surface area contributed by atoms with E-state index in [9.17, 15) is 4.79 Å². The first kappa shape index (κ1) is 10.4. The predicted molar refractivity (Wildman–Crippen MR) is 56.2 cm³/mol. The Kier molecular flexibility index (Phi) is 2.72. The number of aryl methyl sites for hydroxylation is 1. The van der Waals surface area contributed by atoms with Gasteiger partial charge < -0.3 is 5.11 Å². The summed E-state index contributed by atoms with van der Waals surface area (Å²) in [5.41, 5.74) is 1.05. The summed E-state index contributed by atoms with van der Waals surface area (Å²) < 4.78 is 3.38. The Morgan fingerprint density at radius 2 is 2.31 bits per heavy atom. The van der Waals surface area contributed by atoms with Crippen LogP contribution in [0, 0.1) is 0 Å². The Bertz CT molecular complexity index is 500. The molecule has 0 unspecified atom stereocenters. The summed E-state index contributed by atoms with van der Waals surface area (Å²) in [6.07, 6.45) is 4.71. The summed E-state index contributed by atoms with van der Waals surface area (Å²) >= 11 is 0. The number of carbonyl (C=O) groups is 1. The second kappa shape index (κ2) is 4.18. The van der Waals surface area contributed by atoms with Crippen molar-refractivity contribution < 1.29 is 9.90 Å². The second-order valence-electron chi connectivity index (χ2n) is 3.39. The van der Waals surface area contributed by atoms with Gasteiger partial charge in [-0.15, -0.1) is 0 Å². The number of aromatic carboxylic acids is 1. The lowest BCUT2D eigenvalue weighted by Crippen LogP contribution is -2.03. The second-order valence-corrected chi connectivity index (χ2v) is 3.39. The molecule has 16 heavy (non-hydrogen) atoms. The molecule has 0 aromatic carbocycles. The van der Waals surface area contributed by atoms with Crippen LogP contribution in [0.25, 0.3) is 0 Å². The fourth-order valence-electron chi connectivity index (χ4n) is 1.39. The molecule has 1 N–H and O–H groups in total. The largest absolute Gasteiger partial charge is 0.478 e. The van der Waals surface area contributed by atoms with Crippen molar-refractivity contribution in [2.75, 3.05) is 0 Å². The van der Waals surface area contributed by atoms with E-state index in [0.29, 0.717) is 6.54 Å². The van der Waals surface area contributed by atoms with Gasteiger partial charge in [0.2, 0.25) is 0 Å². The van der Waals surface area contributed by atoms with Gasteiger partial charge in [0.15, 0.2) is 0 Å². The third kappa shape index (κ3) is 2.10. The fourth-order valence-corrected chi connectivity index (χ4v) is 1.39. The Labute approximate surface area is 92.1 Å². The predicted octanol–water partition coefficient (Wildman–Crippen LogP) is 0.846. The molecule has 0 aliphatic carbocycles. The first-order valence-electron chi connectivity index (χ1n) is 4.97. The first-order chi connectivity index (χ1) is 7.69. The minimum atomic E-state index is -0.967. The van der Waals surface area contributed by atoms with Crippen molar-refractivity contribution in [1.29, 1.82) is 0 Å². The summed E-state index contributed by atoms with van der Waals surface area (Å²) in [5, 5.41) is 17.0. The fraction of sp³-hybridized carbons (Fsp3) is 0.300. The van der Waals surface area contributed by atoms with Crippen LogP contribution in [0.1, 0.15) is 23.0 Å². The number of nitrogens with zero attached hydrogens (tertiary/aromatic N) is 4. The van der Waals surface area contributed by atoms with Crippen LogP contribution in [0.5, 0.6) is 0 Å². The van der Waals surface area contributed by atoms with Crippen molar-refractivity contribution in [3.63, 3.8) is 0 Å². The van der Waals surface area contributed by atoms with Gasteiger partial charge in [0.05, 0.1) is 24.0 Å². The molecule has 0 saturated carbocycles. The monoisotopic (exact) mass is 220 g/mol. The van der Waals surface area contributed by atoms with E-state index in [1.54, 1.807) is 4.68 Å². The molecule has 0 fully saturated rings. The van der Waals surface area contributed by atoms with Crippen molar-refractivity contribution in [2.24, 2.45) is 0 Å². The lowest BCUT2D eigenvalue weighted by atomic mass is 10.4. The van der Waals surface area contributed by atoms with Gasteiger partial charge in [0.1, 0.15) is 0 Å². The molecule has 0 amide bonds. The quantitative estimate of drug-likeness (QED) is 0.828. The van der Waals surface area contributed by atoms with E-state index >= 15 is 0 Å². The smallest absolute Gasteiger partial charge is 0.338 e. The van der Waals surface area contributed by atoms with Gasteiger partial charge in [-0.1, -0.05) is 0 Å². The lowest BCUT2D eigenvalue weighted by Gasteiger charge is -1.97. The highest BCUT2D eigenvalue weighted by Gasteiger charge is 2.06. The Morgan fingerprint density at radius 3 is 2.88 bits per heavy atom. The van der Waals surface area contributed by atoms with Gasteiger partial charge in [-0.2, -0.15) is 10.2 Å². The average molecular weight is 220 g/mol. The molecule has 0 bridgehead atoms. The normalized spacial score (nSPS) is 10.6. The van der Waals surface area contributed by atoms with Gasteiger partial charge in [-0.05, 0) is 13.0 Å². The summed E-state index contributed by atoms with van der Waals surface area (Å²) in [5.74, 6) is -0.967. The molecule has 0 aliphatic rings. The molecule has 84 valence electrons. The number of aromatic nitrogens is 4. The standard InChI is InChI=1S/C10H12N4O2/c1-2-13-4-3-9(12-13)7-14-6-8(5-11-14)10(15)16/h3-6H,2,7H2,1H3,(H,15,16). The van der Waals surface area contributed by atoms with Crippen molar-refractivity contribution in [3.8, 4) is 0 Å². The van der Waals surface area contributed by atoms with E-state index in [0.717, 1.165) is 12.2 Å². The van der Waals surface area contributed by atoms with Crippen molar-refractivity contribution in [2.45, 2.75) is 20.0 Å². The first-order valence-corrected chi connectivity index (χ1v) is 4.97. The van der Waals surface area contributed by atoms with E-state index in [4.69, 9.17) is 5.11 Å². The maximum atomic E-state index is 10.6. The number of hydrogen-bond acceptors (Lipinski definition) is 3. The molecule has 0 aliphatic heterocycles. The zero-order valence-corrected chi connectivity index (χ0v) is 8.87. The molecule has 2 aromatic rings. The van der Waals surface area contributed by atoms with Gasteiger partial charge >= 0.3 is 5.97 Å². The Hall–Kier alpha value is -2.11. The molecule has 6 nitrogen and oxygen atoms in total. The van der Waals surface area contributed by atoms with E-state index in [1.807, 2.05) is 23.9 Å². The van der Waals surface area contributed by atoms with Crippen LogP contribution in [0.15, 0.2) is 24.7 Å². The van der Waals surface area contributed by atoms with Crippen LogP contribution >= 0.6 is 0 Å². The summed E-state index contributed by atoms with van der Waals surface area (Å²) in [4.78, 5) is 10.6. The van der Waals surface area contributed by atoms with Crippen molar-refractivity contribution in [3.05, 3.63) is 35.9 Å². The molecule has 0 spiro atoms. The van der Waals surface area contributed by atoms with Crippen LogP contribution < -0.4 is 0 Å². The van der Waals surface area contributed by atoms with Crippen LogP contribution in [0.3, 0.4) is 0 Å². The van der Waals surface area contributed by atoms with Crippen molar-refractivity contribution in [1.82, 2.24) is 19.6 Å². The highest BCUT2D eigenvalue weighted by Crippen LogP contribution is 2.02. The van der Waals surface area contributed by atoms with Gasteiger partial charge in [0.25, 0.3) is 0 Å². The zero-order chi connectivity index (χ0) is 11.5. The molecule has 0 saturated heterocycles. The number of rotatable bonds is 4. The van der Waals surface area contributed by atoms with Crippen LogP contribution in [0.4, 0.5) is 0 Å². The van der Waals surface area contributed by atoms with Gasteiger partial charge in [0, 0.05) is 18.9 Å². The van der Waals surface area contributed by atoms with Crippen LogP contribution in [-0.2, 0) is 13.1 Å². The van der Waals surface area contributed by atoms with Crippen LogP contribution in [0.2, 0.25) is 0 Å². The molecule has 2 aromatic heterocycles. The minimum Gasteiger partial charge on any atom is -0.478 e. The molecular formula is C10H12N4O2. The lowest BCUT2D eigenvalue weighted by molar-refractivity contribution is 0.0697. The zero-order valence-electron chi connectivity index (χ0n) is 8.87. The molecule has 2 rings (SSSR count). The third-order valence-electron chi connectivity index (χ3n) is 2.22. The van der Waals surface area contributed by atoms with E-state index in [2.05, 4.69) is 10.2 Å². The van der Waals surface area contributed by atoms with Gasteiger partial charge in [-0.25, -0.2) is 4.79 Å². The summed E-state index contributed by atoms with van der Waals surface area (Å²) in [7, 11) is 0. The van der Waals surface area contributed by atoms with Crippen LogP contribution in [-0.4, -0.2) is 30.6 Å². The SMILES string of the molecule is CCn1ccc(Cn2cc(C(=O)O)cn2)n1. The molecule has 0 radical (unpaired) electrons. The summed E-state index contributed by atoms with van der Waals surface area (Å²) in [6, 6.07) is 1.89. The average Bonchev–Trinajstić information content (AvgIpc) is 2.87. The molecule has 0 atom stereocenters. The maximum Gasteiger partial charge on any atom is 0.338 e. The number of hydrogen-bond donors (Lipinski definition) is 1. The van der Waals surface area contributed by atoms with E-state index in [-0.39, 0.29) is 5.56 Å². The number of carboxylic acids is 1. The Balaban J connectivity index is 2.11. The maximum absolute atomic E-state index is 10.6. The Morgan fingerprint density at radius 1 is 1.50 bits per heavy atom. The van der Waals surface area contributed by atoms with E-state index in [1.165, 1.54) is 12.4 Å².